The first-order valence-electron chi connectivity index (χ1n) is 8.59. The van der Waals surface area contributed by atoms with E-state index in [1.165, 1.54) is 6.33 Å². The Labute approximate surface area is 136 Å². The van der Waals surface area contributed by atoms with Gasteiger partial charge in [-0.15, -0.1) is 0 Å². The lowest BCUT2D eigenvalue weighted by atomic mass is 9.94. The van der Waals surface area contributed by atoms with Crippen molar-refractivity contribution in [1.82, 2.24) is 24.6 Å². The molecule has 2 unspecified atom stereocenters. The number of nitrogens with zero attached hydrogens (tertiary/aromatic N) is 5. The van der Waals surface area contributed by atoms with Crippen LogP contribution in [-0.4, -0.2) is 62.1 Å². The van der Waals surface area contributed by atoms with Crippen molar-refractivity contribution in [3.63, 3.8) is 0 Å². The van der Waals surface area contributed by atoms with Crippen LogP contribution in [0.3, 0.4) is 0 Å². The number of fused-ring (bicyclic) bond motifs is 4. The summed E-state index contributed by atoms with van der Waals surface area (Å²) in [4.78, 5) is 32.8. The smallest absolute Gasteiger partial charge is 0.227 e. The first-order chi connectivity index (χ1) is 11.2. The highest BCUT2D eigenvalue weighted by Gasteiger charge is 2.41. The lowest BCUT2D eigenvalue weighted by molar-refractivity contribution is -0.139. The summed E-state index contributed by atoms with van der Waals surface area (Å²) in [6.07, 6.45) is 7.34. The minimum absolute atomic E-state index is 0.000402. The Morgan fingerprint density at radius 3 is 2.91 bits per heavy atom. The van der Waals surface area contributed by atoms with Crippen molar-refractivity contribution in [3.8, 4) is 0 Å². The van der Waals surface area contributed by atoms with Crippen LogP contribution >= 0.6 is 0 Å². The number of hydrogen-bond donors (Lipinski definition) is 0. The summed E-state index contributed by atoms with van der Waals surface area (Å²) in [7, 11) is 0. The number of rotatable bonds is 6. The maximum absolute atomic E-state index is 12.5. The Kier molecular flexibility index (Phi) is 4.93. The van der Waals surface area contributed by atoms with E-state index in [0.29, 0.717) is 26.1 Å². The van der Waals surface area contributed by atoms with E-state index in [4.69, 9.17) is 0 Å². The van der Waals surface area contributed by atoms with Gasteiger partial charge in [-0.3, -0.25) is 14.3 Å². The quantitative estimate of drug-likeness (QED) is 0.781. The first kappa shape index (κ1) is 16.0. The van der Waals surface area contributed by atoms with E-state index in [1.807, 2.05) is 9.80 Å². The van der Waals surface area contributed by atoms with Crippen LogP contribution in [-0.2, 0) is 16.1 Å². The second kappa shape index (κ2) is 7.10. The fourth-order valence-corrected chi connectivity index (χ4v) is 3.68. The van der Waals surface area contributed by atoms with Gasteiger partial charge < -0.3 is 9.80 Å². The van der Waals surface area contributed by atoms with Crippen LogP contribution < -0.4 is 0 Å². The summed E-state index contributed by atoms with van der Waals surface area (Å²) in [5.74, 6) is 0.411. The van der Waals surface area contributed by atoms with Gasteiger partial charge in [0.1, 0.15) is 12.7 Å². The lowest BCUT2D eigenvalue weighted by Gasteiger charge is -2.35. The summed E-state index contributed by atoms with van der Waals surface area (Å²) in [5, 5.41) is 4.04. The average Bonchev–Trinajstić information content (AvgIpc) is 2.91. The summed E-state index contributed by atoms with van der Waals surface area (Å²) in [6, 6.07) is 0.209. The molecule has 7 nitrogen and oxygen atoms in total. The zero-order chi connectivity index (χ0) is 16.2. The second-order valence-corrected chi connectivity index (χ2v) is 6.52. The van der Waals surface area contributed by atoms with E-state index in [-0.39, 0.29) is 23.8 Å². The van der Waals surface area contributed by atoms with Crippen LogP contribution in [0.25, 0.3) is 0 Å². The van der Waals surface area contributed by atoms with E-state index in [1.54, 1.807) is 11.0 Å². The van der Waals surface area contributed by atoms with E-state index in [9.17, 15) is 9.59 Å². The van der Waals surface area contributed by atoms with Crippen molar-refractivity contribution in [1.29, 1.82) is 0 Å². The van der Waals surface area contributed by atoms with Gasteiger partial charge >= 0.3 is 0 Å². The SMILES string of the molecule is CCCN1C(=O)C2CCC1CN(C(=O)CCCn1cncn1)C2. The number of amides is 2. The molecule has 4 heterocycles. The van der Waals surface area contributed by atoms with Crippen LogP contribution in [0.4, 0.5) is 0 Å². The molecular formula is C16H25N5O2. The van der Waals surface area contributed by atoms with Gasteiger partial charge in [0.15, 0.2) is 0 Å². The number of aromatic nitrogens is 3. The van der Waals surface area contributed by atoms with Crippen molar-refractivity contribution < 1.29 is 9.59 Å². The monoisotopic (exact) mass is 319 g/mol. The summed E-state index contributed by atoms with van der Waals surface area (Å²) < 4.78 is 1.74. The highest BCUT2D eigenvalue weighted by Crippen LogP contribution is 2.29. The van der Waals surface area contributed by atoms with Crippen LogP contribution in [0.2, 0.25) is 0 Å². The van der Waals surface area contributed by atoms with Crippen molar-refractivity contribution in [3.05, 3.63) is 12.7 Å². The predicted octanol–water partition coefficient (Wildman–Crippen LogP) is 0.918. The van der Waals surface area contributed by atoms with Gasteiger partial charge in [0, 0.05) is 38.6 Å². The topological polar surface area (TPSA) is 71.3 Å². The standard InChI is InChI=1S/C16H25N5O2/c1-2-7-21-14-6-5-13(16(21)23)9-19(10-14)15(22)4-3-8-20-12-17-11-18-20/h11-14H,2-10H2,1H3. The fourth-order valence-electron chi connectivity index (χ4n) is 3.68. The third-order valence-electron chi connectivity index (χ3n) is 4.86. The highest BCUT2D eigenvalue weighted by molar-refractivity contribution is 5.83. The third kappa shape index (κ3) is 3.54. The number of carbonyl (C=O) groups excluding carboxylic acids is 2. The van der Waals surface area contributed by atoms with Gasteiger partial charge in [0.05, 0.1) is 5.92 Å². The number of hydrogen-bond acceptors (Lipinski definition) is 4. The molecule has 1 aromatic heterocycles. The molecule has 3 saturated heterocycles. The van der Waals surface area contributed by atoms with E-state index < -0.39 is 0 Å². The lowest BCUT2D eigenvalue weighted by Crippen LogP contribution is -2.48. The maximum Gasteiger partial charge on any atom is 0.227 e. The van der Waals surface area contributed by atoms with Crippen LogP contribution in [0.15, 0.2) is 12.7 Å². The van der Waals surface area contributed by atoms with Crippen molar-refractivity contribution in [2.24, 2.45) is 5.92 Å². The highest BCUT2D eigenvalue weighted by atomic mass is 16.2. The summed E-state index contributed by atoms with van der Waals surface area (Å²) >= 11 is 0. The van der Waals surface area contributed by atoms with E-state index in [0.717, 1.165) is 32.2 Å². The van der Waals surface area contributed by atoms with Crippen molar-refractivity contribution in [2.75, 3.05) is 19.6 Å². The zero-order valence-electron chi connectivity index (χ0n) is 13.7. The molecule has 2 bridgehead atoms. The number of piperidine rings is 1. The van der Waals surface area contributed by atoms with E-state index >= 15 is 0 Å². The van der Waals surface area contributed by atoms with Crippen LogP contribution in [0.1, 0.15) is 39.0 Å². The molecule has 0 saturated carbocycles. The Hall–Kier alpha value is -1.92. The molecule has 2 atom stereocenters. The molecule has 126 valence electrons. The number of aryl methyl sites for hydroxylation is 1. The molecule has 3 aliphatic rings. The van der Waals surface area contributed by atoms with Crippen LogP contribution in [0, 0.1) is 5.92 Å². The van der Waals surface area contributed by atoms with Gasteiger partial charge in [0.2, 0.25) is 11.8 Å². The Morgan fingerprint density at radius 2 is 2.17 bits per heavy atom. The molecule has 0 spiro atoms. The Bertz CT molecular complexity index is 545. The average molecular weight is 319 g/mol. The molecule has 2 amide bonds. The van der Waals surface area contributed by atoms with E-state index in [2.05, 4.69) is 17.0 Å². The van der Waals surface area contributed by atoms with Gasteiger partial charge in [0.25, 0.3) is 0 Å². The Balaban J connectivity index is 1.56. The molecule has 0 aromatic carbocycles. The van der Waals surface area contributed by atoms with Gasteiger partial charge in [-0.1, -0.05) is 6.92 Å². The second-order valence-electron chi connectivity index (χ2n) is 6.52. The third-order valence-corrected chi connectivity index (χ3v) is 4.86. The fraction of sp³-hybridized carbons (Fsp3) is 0.750. The van der Waals surface area contributed by atoms with Crippen molar-refractivity contribution in [2.45, 2.75) is 51.6 Å². The molecule has 7 heteroatoms. The molecule has 0 aliphatic carbocycles. The normalized spacial score (nSPS) is 24.1. The maximum atomic E-state index is 12.5. The predicted molar refractivity (Wildman–Crippen MR) is 84.4 cm³/mol. The molecule has 23 heavy (non-hydrogen) atoms. The van der Waals surface area contributed by atoms with Crippen LogP contribution in [0.5, 0.6) is 0 Å². The minimum atomic E-state index is -0.000402. The number of carbonyl (C=O) groups is 2. The molecule has 0 N–H and O–H groups in total. The molecule has 0 radical (unpaired) electrons. The van der Waals surface area contributed by atoms with Gasteiger partial charge in [-0.2, -0.15) is 5.10 Å². The van der Waals surface area contributed by atoms with Gasteiger partial charge in [-0.25, -0.2) is 4.98 Å². The van der Waals surface area contributed by atoms with Gasteiger partial charge in [-0.05, 0) is 25.7 Å². The summed E-state index contributed by atoms with van der Waals surface area (Å²) in [6.45, 7) is 4.91. The zero-order valence-corrected chi connectivity index (χ0v) is 13.7. The molecule has 3 fully saturated rings. The molecule has 1 aromatic rings. The van der Waals surface area contributed by atoms with Crippen molar-refractivity contribution >= 4 is 11.8 Å². The molecular weight excluding hydrogens is 294 g/mol. The minimum Gasteiger partial charge on any atom is -0.340 e. The Morgan fingerprint density at radius 1 is 1.30 bits per heavy atom. The largest absolute Gasteiger partial charge is 0.340 e. The molecule has 3 aliphatic heterocycles. The summed E-state index contributed by atoms with van der Waals surface area (Å²) in [5.41, 5.74) is 0. The first-order valence-corrected chi connectivity index (χ1v) is 8.59. The molecule has 4 rings (SSSR count).